The monoisotopic (exact) mass is 620 g/mol. The number of thioether (sulfide) groups is 1. The fourth-order valence-corrected chi connectivity index (χ4v) is 5.61. The van der Waals surface area contributed by atoms with Crippen molar-refractivity contribution in [2.45, 2.75) is 13.2 Å². The summed E-state index contributed by atoms with van der Waals surface area (Å²) in [5, 5.41) is 10.8. The summed E-state index contributed by atoms with van der Waals surface area (Å²) in [4.78, 5) is 37.3. The first-order chi connectivity index (χ1) is 16.7. The van der Waals surface area contributed by atoms with Crippen LogP contribution in [0.2, 0.25) is 0 Å². The largest absolute Gasteiger partial charge is 0.487 e. The number of nitrogens with zero attached hydrogens (tertiary/aromatic N) is 2. The van der Waals surface area contributed by atoms with Gasteiger partial charge in [-0.15, -0.1) is 0 Å². The number of hydrogen-bond acceptors (Lipinski definition) is 6. The summed E-state index contributed by atoms with van der Waals surface area (Å²) < 4.78 is 20.2. The van der Waals surface area contributed by atoms with Crippen LogP contribution in [-0.2, 0) is 17.9 Å². The third kappa shape index (κ3) is 5.80. The number of hydrogen-bond donors (Lipinski definition) is 0. The first kappa shape index (κ1) is 25.1. The average molecular weight is 622 g/mol. The Morgan fingerprint density at radius 2 is 1.71 bits per heavy atom. The van der Waals surface area contributed by atoms with Gasteiger partial charge in [-0.3, -0.25) is 24.6 Å². The van der Waals surface area contributed by atoms with Crippen molar-refractivity contribution in [3.05, 3.63) is 107 Å². The molecule has 1 fully saturated rings. The number of benzene rings is 3. The molecule has 2 amide bonds. The molecule has 0 radical (unpaired) electrons. The normalized spacial score (nSPS) is 14.6. The van der Waals surface area contributed by atoms with Crippen molar-refractivity contribution in [1.29, 1.82) is 0 Å². The summed E-state index contributed by atoms with van der Waals surface area (Å²) in [6.07, 6.45) is 1.57. The Labute approximate surface area is 220 Å². The maximum absolute atomic E-state index is 13.1. The lowest BCUT2D eigenvalue weighted by atomic mass is 10.1. The maximum atomic E-state index is 13.1. The predicted octanol–water partition coefficient (Wildman–Crippen LogP) is 7.07. The highest BCUT2D eigenvalue weighted by Crippen LogP contribution is 2.38. The quantitative estimate of drug-likeness (QED) is 0.159. The number of rotatable bonds is 7. The van der Waals surface area contributed by atoms with E-state index in [0.29, 0.717) is 20.3 Å². The van der Waals surface area contributed by atoms with Gasteiger partial charge in [-0.2, -0.15) is 0 Å². The number of amides is 2. The third-order valence-corrected chi connectivity index (χ3v) is 7.09. The number of carbonyl (C=O) groups excluding carboxylic acids is 2. The van der Waals surface area contributed by atoms with E-state index in [1.807, 2.05) is 0 Å². The zero-order valence-electron chi connectivity index (χ0n) is 17.7. The Morgan fingerprint density at radius 1 is 1.06 bits per heavy atom. The van der Waals surface area contributed by atoms with Crippen LogP contribution < -0.4 is 4.74 Å². The van der Waals surface area contributed by atoms with Gasteiger partial charge in [0.25, 0.3) is 16.8 Å². The standard InChI is InChI=1S/C24H15Br2FN2O5S/c25-18-9-15(10-19(26)22(18)34-13-14-5-7-17(27)8-6-14)11-21-23(30)28(24(31)35-21)12-16-3-1-2-4-20(16)29(32)33/h1-11H,12-13H2/b21-11+. The fourth-order valence-electron chi connectivity index (χ4n) is 3.32. The van der Waals surface area contributed by atoms with E-state index in [4.69, 9.17) is 4.74 Å². The number of ether oxygens (including phenoxy) is 1. The van der Waals surface area contributed by atoms with Crippen LogP contribution >= 0.6 is 43.6 Å². The Morgan fingerprint density at radius 3 is 2.37 bits per heavy atom. The Kier molecular flexibility index (Phi) is 7.68. The fraction of sp³-hybridized carbons (Fsp3) is 0.0833. The Hall–Kier alpha value is -3.02. The summed E-state index contributed by atoms with van der Waals surface area (Å²) in [5.74, 6) is -0.329. The van der Waals surface area contributed by atoms with Crippen LogP contribution in [0.1, 0.15) is 16.7 Å². The molecule has 3 aromatic carbocycles. The van der Waals surface area contributed by atoms with Crippen molar-refractivity contribution in [1.82, 2.24) is 4.90 Å². The van der Waals surface area contributed by atoms with E-state index in [-0.39, 0.29) is 35.1 Å². The van der Waals surface area contributed by atoms with Gasteiger partial charge in [0.05, 0.1) is 25.3 Å². The lowest BCUT2D eigenvalue weighted by Gasteiger charge is -2.13. The van der Waals surface area contributed by atoms with Crippen molar-refractivity contribution >= 4 is 66.5 Å². The molecule has 1 aliphatic heterocycles. The summed E-state index contributed by atoms with van der Waals surface area (Å²) in [7, 11) is 0. The maximum Gasteiger partial charge on any atom is 0.293 e. The molecule has 1 aliphatic rings. The smallest absolute Gasteiger partial charge is 0.293 e. The van der Waals surface area contributed by atoms with Crippen molar-refractivity contribution in [3.8, 4) is 5.75 Å². The van der Waals surface area contributed by atoms with E-state index in [1.165, 1.54) is 30.3 Å². The second-order valence-electron chi connectivity index (χ2n) is 7.38. The zero-order chi connectivity index (χ0) is 25.1. The van der Waals surface area contributed by atoms with Gasteiger partial charge >= 0.3 is 0 Å². The number of carbonyl (C=O) groups is 2. The van der Waals surface area contributed by atoms with Gasteiger partial charge in [-0.25, -0.2) is 4.39 Å². The molecule has 0 saturated carbocycles. The highest BCUT2D eigenvalue weighted by atomic mass is 79.9. The average Bonchev–Trinajstić information content (AvgIpc) is 3.07. The van der Waals surface area contributed by atoms with Crippen molar-refractivity contribution < 1.29 is 23.6 Å². The molecular formula is C24H15Br2FN2O5S. The molecule has 178 valence electrons. The number of imide groups is 1. The molecule has 0 atom stereocenters. The number of para-hydroxylation sites is 1. The molecule has 35 heavy (non-hydrogen) atoms. The molecule has 3 aromatic rings. The van der Waals surface area contributed by atoms with E-state index in [1.54, 1.807) is 36.4 Å². The molecule has 1 saturated heterocycles. The number of nitro groups is 1. The molecule has 1 heterocycles. The molecule has 0 unspecified atom stereocenters. The molecule has 0 N–H and O–H groups in total. The van der Waals surface area contributed by atoms with E-state index in [9.17, 15) is 24.1 Å². The molecule has 0 aliphatic carbocycles. The molecule has 4 rings (SSSR count). The van der Waals surface area contributed by atoms with E-state index < -0.39 is 16.1 Å². The molecule has 0 aromatic heterocycles. The van der Waals surface area contributed by atoms with E-state index in [0.717, 1.165) is 22.2 Å². The number of nitro benzene ring substituents is 1. The summed E-state index contributed by atoms with van der Waals surface area (Å²) >= 11 is 7.69. The predicted molar refractivity (Wildman–Crippen MR) is 137 cm³/mol. The Bertz CT molecular complexity index is 1340. The van der Waals surface area contributed by atoms with Crippen LogP contribution in [0.5, 0.6) is 5.75 Å². The van der Waals surface area contributed by atoms with Crippen molar-refractivity contribution in [2.75, 3.05) is 0 Å². The van der Waals surface area contributed by atoms with Gasteiger partial charge in [0.1, 0.15) is 18.2 Å². The second-order valence-corrected chi connectivity index (χ2v) is 10.1. The van der Waals surface area contributed by atoms with Gasteiger partial charge in [0.15, 0.2) is 0 Å². The minimum Gasteiger partial charge on any atom is -0.487 e. The van der Waals surface area contributed by atoms with Crippen molar-refractivity contribution in [2.24, 2.45) is 0 Å². The van der Waals surface area contributed by atoms with Crippen LogP contribution in [0.15, 0.2) is 74.5 Å². The van der Waals surface area contributed by atoms with Gasteiger partial charge < -0.3 is 4.74 Å². The topological polar surface area (TPSA) is 89.8 Å². The van der Waals surface area contributed by atoms with Gasteiger partial charge in [0.2, 0.25) is 0 Å². The molecule has 0 bridgehead atoms. The van der Waals surface area contributed by atoms with Crippen LogP contribution in [0, 0.1) is 15.9 Å². The lowest BCUT2D eigenvalue weighted by Crippen LogP contribution is -2.27. The molecule has 7 nitrogen and oxygen atoms in total. The molecule has 11 heteroatoms. The summed E-state index contributed by atoms with van der Waals surface area (Å²) in [5.41, 5.74) is 1.55. The number of halogens is 3. The zero-order valence-corrected chi connectivity index (χ0v) is 21.7. The van der Waals surface area contributed by atoms with Crippen LogP contribution in [0.4, 0.5) is 14.9 Å². The summed E-state index contributed by atoms with van der Waals surface area (Å²) in [6.45, 7) is 0.0318. The van der Waals surface area contributed by atoms with Gasteiger partial charge in [0, 0.05) is 11.6 Å². The third-order valence-electron chi connectivity index (χ3n) is 5.01. The van der Waals surface area contributed by atoms with Crippen molar-refractivity contribution in [3.63, 3.8) is 0 Å². The second kappa shape index (κ2) is 10.7. The molecule has 0 spiro atoms. The SMILES string of the molecule is O=C1S/C(=C/c2cc(Br)c(OCc3ccc(F)cc3)c(Br)c2)C(=O)N1Cc1ccccc1[N+](=O)[O-]. The highest BCUT2D eigenvalue weighted by molar-refractivity contribution is 9.11. The first-order valence-corrected chi connectivity index (χ1v) is 12.5. The van der Waals surface area contributed by atoms with Gasteiger partial charge in [-0.1, -0.05) is 30.3 Å². The summed E-state index contributed by atoms with van der Waals surface area (Å²) in [6, 6.07) is 15.4. The molecular weight excluding hydrogens is 607 g/mol. The first-order valence-electron chi connectivity index (χ1n) is 10.1. The van der Waals surface area contributed by atoms with Crippen LogP contribution in [-0.4, -0.2) is 21.0 Å². The minimum absolute atomic E-state index is 0.153. The Balaban J connectivity index is 1.51. The van der Waals surface area contributed by atoms with Gasteiger partial charge in [-0.05, 0) is 85.1 Å². The lowest BCUT2D eigenvalue weighted by molar-refractivity contribution is -0.385. The minimum atomic E-state index is -0.543. The van der Waals surface area contributed by atoms with E-state index >= 15 is 0 Å². The van der Waals surface area contributed by atoms with Crippen LogP contribution in [0.25, 0.3) is 6.08 Å². The van der Waals surface area contributed by atoms with E-state index in [2.05, 4.69) is 31.9 Å². The highest BCUT2D eigenvalue weighted by Gasteiger charge is 2.36. The van der Waals surface area contributed by atoms with Crippen LogP contribution in [0.3, 0.4) is 0 Å².